The number of aryl methyl sites for hydroxylation is 1. The van der Waals surface area contributed by atoms with Crippen molar-refractivity contribution in [3.05, 3.63) is 24.0 Å². The molecule has 1 atom stereocenters. The van der Waals surface area contributed by atoms with E-state index in [1.807, 2.05) is 25.1 Å². The van der Waals surface area contributed by atoms with E-state index in [-0.39, 0.29) is 30.7 Å². The molecule has 22 heavy (non-hydrogen) atoms. The fourth-order valence-electron chi connectivity index (χ4n) is 2.02. The summed E-state index contributed by atoms with van der Waals surface area (Å²) in [7, 11) is 0. The number of unbranched alkanes of at least 4 members (excludes halogenated alkanes) is 1. The second-order valence-electron chi connectivity index (χ2n) is 5.02. The number of aromatic amines is 1. The third-order valence-corrected chi connectivity index (χ3v) is 3.34. The number of nitrogens with zero attached hydrogens (tertiary/aromatic N) is 1. The molecule has 1 heterocycles. The van der Waals surface area contributed by atoms with E-state index >= 15 is 0 Å². The maximum Gasteiger partial charge on any atom is 0.241 e. The van der Waals surface area contributed by atoms with Crippen molar-refractivity contribution in [1.29, 1.82) is 0 Å². The predicted molar refractivity (Wildman–Crippen MR) is 96.1 cm³/mol. The van der Waals surface area contributed by atoms with Crippen LogP contribution in [0.25, 0.3) is 11.0 Å². The normalized spacial score (nSPS) is 11.4. The van der Waals surface area contributed by atoms with Crippen LogP contribution in [-0.2, 0) is 11.2 Å². The van der Waals surface area contributed by atoms with Crippen LogP contribution in [0.2, 0.25) is 0 Å². The van der Waals surface area contributed by atoms with Crippen LogP contribution in [-0.4, -0.2) is 21.9 Å². The third kappa shape index (κ3) is 5.16. The molecule has 0 aliphatic rings. The van der Waals surface area contributed by atoms with E-state index < -0.39 is 6.04 Å². The summed E-state index contributed by atoms with van der Waals surface area (Å²) in [6.07, 6.45) is 3.84. The van der Waals surface area contributed by atoms with Crippen molar-refractivity contribution in [2.75, 3.05) is 5.32 Å². The molecular formula is C15H24Cl2N4O. The van der Waals surface area contributed by atoms with E-state index in [1.165, 1.54) is 0 Å². The van der Waals surface area contributed by atoms with E-state index in [0.717, 1.165) is 41.8 Å². The number of halogens is 2. The number of carbonyl (C=O) groups excluding carboxylic acids is 1. The highest BCUT2D eigenvalue weighted by Gasteiger charge is 2.11. The fraction of sp³-hybridized carbons (Fsp3) is 0.467. The number of hydrogen-bond acceptors (Lipinski definition) is 3. The molecule has 1 aromatic carbocycles. The Labute approximate surface area is 143 Å². The molecule has 0 aliphatic heterocycles. The van der Waals surface area contributed by atoms with Gasteiger partial charge in [-0.2, -0.15) is 0 Å². The quantitative estimate of drug-likeness (QED) is 0.749. The number of anilines is 1. The van der Waals surface area contributed by atoms with Crippen LogP contribution in [0.15, 0.2) is 18.2 Å². The van der Waals surface area contributed by atoms with Crippen molar-refractivity contribution in [1.82, 2.24) is 9.97 Å². The highest BCUT2D eigenvalue weighted by atomic mass is 35.5. The standard InChI is InChI=1S/C15H22N4O.2ClH/c1-3-5-6-14-18-12-8-7-10(9-13(12)19-14)17-15(20)11(16)4-2;;/h7-9,11H,3-6,16H2,1-2H3,(H,17,20)(H,18,19);2*1H/t11-;;/m0../s1. The molecule has 0 bridgehead atoms. The summed E-state index contributed by atoms with van der Waals surface area (Å²) in [4.78, 5) is 19.6. The summed E-state index contributed by atoms with van der Waals surface area (Å²) < 4.78 is 0. The van der Waals surface area contributed by atoms with Crippen LogP contribution in [0.5, 0.6) is 0 Å². The summed E-state index contributed by atoms with van der Waals surface area (Å²) in [5.74, 6) is 0.841. The number of hydrogen-bond donors (Lipinski definition) is 3. The monoisotopic (exact) mass is 346 g/mol. The largest absolute Gasteiger partial charge is 0.342 e. The van der Waals surface area contributed by atoms with Crippen LogP contribution in [0, 0.1) is 0 Å². The fourth-order valence-corrected chi connectivity index (χ4v) is 2.02. The number of fused-ring (bicyclic) bond motifs is 1. The van der Waals surface area contributed by atoms with Crippen molar-refractivity contribution >= 4 is 47.4 Å². The molecule has 0 saturated carbocycles. The molecule has 0 saturated heterocycles. The Kier molecular flexibility index (Phi) is 9.09. The van der Waals surface area contributed by atoms with Gasteiger partial charge in [-0.1, -0.05) is 20.3 Å². The number of aromatic nitrogens is 2. The van der Waals surface area contributed by atoms with Crippen LogP contribution >= 0.6 is 24.8 Å². The SMILES string of the molecule is CCCCc1nc2ccc(NC(=O)[C@@H](N)CC)cc2[nH]1.Cl.Cl. The lowest BCUT2D eigenvalue weighted by atomic mass is 10.2. The summed E-state index contributed by atoms with van der Waals surface area (Å²) in [6, 6.07) is 5.20. The molecule has 7 heteroatoms. The minimum absolute atomic E-state index is 0. The Morgan fingerprint density at radius 1 is 1.36 bits per heavy atom. The molecule has 2 aromatic rings. The van der Waals surface area contributed by atoms with Gasteiger partial charge in [0.2, 0.25) is 5.91 Å². The van der Waals surface area contributed by atoms with E-state index in [9.17, 15) is 4.79 Å². The Morgan fingerprint density at radius 2 is 2.09 bits per heavy atom. The van der Waals surface area contributed by atoms with Gasteiger partial charge in [-0.3, -0.25) is 4.79 Å². The van der Waals surface area contributed by atoms with Gasteiger partial charge in [-0.25, -0.2) is 4.98 Å². The summed E-state index contributed by atoms with van der Waals surface area (Å²) in [6.45, 7) is 4.05. The zero-order valence-corrected chi connectivity index (χ0v) is 14.5. The summed E-state index contributed by atoms with van der Waals surface area (Å²) in [5, 5.41) is 2.83. The van der Waals surface area contributed by atoms with Crippen molar-refractivity contribution in [2.24, 2.45) is 5.73 Å². The summed E-state index contributed by atoms with van der Waals surface area (Å²) >= 11 is 0. The molecule has 1 aromatic heterocycles. The van der Waals surface area contributed by atoms with Gasteiger partial charge in [-0.15, -0.1) is 24.8 Å². The number of benzene rings is 1. The summed E-state index contributed by atoms with van der Waals surface area (Å²) in [5.41, 5.74) is 8.32. The first-order valence-corrected chi connectivity index (χ1v) is 7.19. The van der Waals surface area contributed by atoms with E-state index in [2.05, 4.69) is 22.2 Å². The minimum Gasteiger partial charge on any atom is -0.342 e. The van der Waals surface area contributed by atoms with Crippen molar-refractivity contribution < 1.29 is 4.79 Å². The first-order valence-electron chi connectivity index (χ1n) is 7.19. The molecule has 5 nitrogen and oxygen atoms in total. The highest BCUT2D eigenvalue weighted by Crippen LogP contribution is 2.18. The molecule has 0 spiro atoms. The second-order valence-corrected chi connectivity index (χ2v) is 5.02. The van der Waals surface area contributed by atoms with Gasteiger partial charge in [0.15, 0.2) is 0 Å². The van der Waals surface area contributed by atoms with Crippen molar-refractivity contribution in [3.8, 4) is 0 Å². The van der Waals surface area contributed by atoms with Gasteiger partial charge in [0.1, 0.15) is 5.82 Å². The van der Waals surface area contributed by atoms with Gasteiger partial charge in [0.05, 0.1) is 17.1 Å². The molecule has 1 amide bonds. The number of H-pyrrole nitrogens is 1. The van der Waals surface area contributed by atoms with E-state index in [1.54, 1.807) is 0 Å². The van der Waals surface area contributed by atoms with E-state index in [0.29, 0.717) is 6.42 Å². The Morgan fingerprint density at radius 3 is 2.73 bits per heavy atom. The van der Waals surface area contributed by atoms with Crippen LogP contribution in [0.4, 0.5) is 5.69 Å². The van der Waals surface area contributed by atoms with Crippen LogP contribution < -0.4 is 11.1 Å². The zero-order valence-electron chi connectivity index (χ0n) is 12.9. The minimum atomic E-state index is -0.465. The Balaban J connectivity index is 0.00000220. The lowest BCUT2D eigenvalue weighted by molar-refractivity contribution is -0.117. The first kappa shape index (κ1) is 20.7. The van der Waals surface area contributed by atoms with Gasteiger partial charge in [-0.05, 0) is 31.0 Å². The lowest BCUT2D eigenvalue weighted by Gasteiger charge is -2.09. The predicted octanol–water partition coefficient (Wildman–Crippen LogP) is 3.42. The average molecular weight is 347 g/mol. The first-order chi connectivity index (χ1) is 9.63. The number of imidazole rings is 1. The average Bonchev–Trinajstić information content (AvgIpc) is 2.86. The number of rotatable bonds is 6. The van der Waals surface area contributed by atoms with Crippen LogP contribution in [0.1, 0.15) is 38.9 Å². The number of carbonyl (C=O) groups is 1. The molecule has 124 valence electrons. The Bertz CT molecular complexity index is 600. The van der Waals surface area contributed by atoms with Crippen molar-refractivity contribution in [2.45, 2.75) is 45.6 Å². The van der Waals surface area contributed by atoms with Gasteiger partial charge in [0.25, 0.3) is 0 Å². The third-order valence-electron chi connectivity index (χ3n) is 3.34. The van der Waals surface area contributed by atoms with Gasteiger partial charge in [0, 0.05) is 12.1 Å². The Hall–Kier alpha value is -1.30. The number of amides is 1. The maximum atomic E-state index is 11.8. The molecule has 0 fully saturated rings. The maximum absolute atomic E-state index is 11.8. The highest BCUT2D eigenvalue weighted by molar-refractivity contribution is 5.96. The molecule has 4 N–H and O–H groups in total. The molecule has 0 aliphatic carbocycles. The topological polar surface area (TPSA) is 83.8 Å². The molecule has 0 radical (unpaired) electrons. The van der Waals surface area contributed by atoms with Crippen LogP contribution in [0.3, 0.4) is 0 Å². The molecule has 0 unspecified atom stereocenters. The van der Waals surface area contributed by atoms with Crippen molar-refractivity contribution in [3.63, 3.8) is 0 Å². The molecule has 2 rings (SSSR count). The number of nitrogens with one attached hydrogen (secondary N) is 2. The second kappa shape index (κ2) is 9.66. The zero-order chi connectivity index (χ0) is 14.5. The number of nitrogens with two attached hydrogens (primary N) is 1. The lowest BCUT2D eigenvalue weighted by Crippen LogP contribution is -2.34. The molecular weight excluding hydrogens is 323 g/mol. The van der Waals surface area contributed by atoms with Gasteiger partial charge < -0.3 is 16.0 Å². The van der Waals surface area contributed by atoms with E-state index in [4.69, 9.17) is 5.73 Å². The smallest absolute Gasteiger partial charge is 0.241 e. The van der Waals surface area contributed by atoms with Gasteiger partial charge >= 0.3 is 0 Å².